The van der Waals surface area contributed by atoms with Crippen LogP contribution >= 0.6 is 11.3 Å². The van der Waals surface area contributed by atoms with Crippen LogP contribution in [-0.2, 0) is 20.7 Å². The minimum absolute atomic E-state index is 0.00274. The molecule has 2 aliphatic heterocycles. The van der Waals surface area contributed by atoms with Crippen LogP contribution in [0.5, 0.6) is 0 Å². The summed E-state index contributed by atoms with van der Waals surface area (Å²) in [5, 5.41) is 2.05. The number of thiophene rings is 1. The molecular weight excluding hydrogens is 360 g/mol. The van der Waals surface area contributed by atoms with Crippen molar-refractivity contribution >= 4 is 23.2 Å². The summed E-state index contributed by atoms with van der Waals surface area (Å²) in [5.41, 5.74) is 7.34. The number of hydrogen-bond acceptors (Lipinski definition) is 4. The third-order valence-electron chi connectivity index (χ3n) is 5.67. The molecule has 2 fully saturated rings. The lowest BCUT2D eigenvalue weighted by atomic mass is 9.80. The molecular formula is C21H24N2O3S. The molecule has 1 aromatic heterocycles. The molecule has 0 unspecified atom stereocenters. The highest BCUT2D eigenvalue weighted by Crippen LogP contribution is 2.36. The number of ether oxygens (including phenoxy) is 1. The van der Waals surface area contributed by atoms with E-state index in [0.717, 1.165) is 24.0 Å². The fraction of sp³-hybridized carbons (Fsp3) is 0.429. The van der Waals surface area contributed by atoms with Crippen LogP contribution in [0.4, 0.5) is 0 Å². The topological polar surface area (TPSA) is 72.6 Å². The van der Waals surface area contributed by atoms with Gasteiger partial charge in [0, 0.05) is 24.6 Å². The smallest absolute Gasteiger partial charge is 0.251 e. The first kappa shape index (κ1) is 18.2. The fourth-order valence-electron chi connectivity index (χ4n) is 4.14. The Morgan fingerprint density at radius 3 is 2.89 bits per heavy atom. The number of nitrogens with zero attached hydrogens (tertiary/aromatic N) is 1. The summed E-state index contributed by atoms with van der Waals surface area (Å²) in [7, 11) is 0. The van der Waals surface area contributed by atoms with Crippen LogP contribution in [0.3, 0.4) is 0 Å². The van der Waals surface area contributed by atoms with Crippen molar-refractivity contribution in [3.8, 4) is 10.4 Å². The number of amides is 2. The van der Waals surface area contributed by atoms with Gasteiger partial charge in [-0.05, 0) is 48.3 Å². The van der Waals surface area contributed by atoms with E-state index >= 15 is 0 Å². The maximum Gasteiger partial charge on any atom is 0.251 e. The molecule has 2 N–H and O–H groups in total. The zero-order chi connectivity index (χ0) is 18.9. The number of carbonyl (C=O) groups is 2. The maximum absolute atomic E-state index is 12.7. The van der Waals surface area contributed by atoms with Crippen molar-refractivity contribution in [3.63, 3.8) is 0 Å². The van der Waals surface area contributed by atoms with Crippen molar-refractivity contribution in [1.82, 2.24) is 4.90 Å². The van der Waals surface area contributed by atoms with Crippen LogP contribution in [0, 0.1) is 5.41 Å². The Morgan fingerprint density at radius 2 is 2.19 bits per heavy atom. The van der Waals surface area contributed by atoms with E-state index in [1.807, 2.05) is 18.2 Å². The van der Waals surface area contributed by atoms with E-state index in [9.17, 15) is 9.59 Å². The molecule has 2 atom stereocenters. The predicted molar refractivity (Wildman–Crippen MR) is 105 cm³/mol. The summed E-state index contributed by atoms with van der Waals surface area (Å²) in [6, 6.07) is 12.4. The lowest BCUT2D eigenvalue weighted by Crippen LogP contribution is -2.44. The Morgan fingerprint density at radius 1 is 1.30 bits per heavy atom. The maximum atomic E-state index is 12.7. The lowest BCUT2D eigenvalue weighted by Gasteiger charge is -2.27. The van der Waals surface area contributed by atoms with E-state index in [1.165, 1.54) is 4.88 Å². The summed E-state index contributed by atoms with van der Waals surface area (Å²) in [6.45, 7) is 1.58. The average Bonchev–Trinajstić information content (AvgIpc) is 3.42. The number of likely N-dealkylation sites (tertiary alicyclic amines) is 1. The third-order valence-corrected chi connectivity index (χ3v) is 6.59. The Balaban J connectivity index is 1.53. The molecule has 0 bridgehead atoms. The van der Waals surface area contributed by atoms with Crippen molar-refractivity contribution in [2.45, 2.75) is 31.8 Å². The third kappa shape index (κ3) is 3.64. The van der Waals surface area contributed by atoms with Crippen molar-refractivity contribution in [3.05, 3.63) is 47.3 Å². The summed E-state index contributed by atoms with van der Waals surface area (Å²) in [5.74, 6) is -0.324. The molecule has 142 valence electrons. The van der Waals surface area contributed by atoms with Gasteiger partial charge in [0.1, 0.15) is 6.10 Å². The first-order valence-corrected chi connectivity index (χ1v) is 10.3. The van der Waals surface area contributed by atoms with E-state index in [-0.39, 0.29) is 17.9 Å². The summed E-state index contributed by atoms with van der Waals surface area (Å²) in [4.78, 5) is 28.0. The molecule has 4 rings (SSSR count). The lowest BCUT2D eigenvalue weighted by molar-refractivity contribution is -0.140. The van der Waals surface area contributed by atoms with E-state index < -0.39 is 5.41 Å². The van der Waals surface area contributed by atoms with Crippen LogP contribution in [-0.4, -0.2) is 42.5 Å². The van der Waals surface area contributed by atoms with Gasteiger partial charge in [-0.3, -0.25) is 9.59 Å². The molecule has 27 heavy (non-hydrogen) atoms. The Kier molecular flexibility index (Phi) is 5.02. The molecule has 6 heteroatoms. The zero-order valence-electron chi connectivity index (χ0n) is 15.2. The van der Waals surface area contributed by atoms with Crippen molar-refractivity contribution in [1.29, 1.82) is 0 Å². The van der Waals surface area contributed by atoms with Gasteiger partial charge < -0.3 is 15.4 Å². The predicted octanol–water partition coefficient (Wildman–Crippen LogP) is 2.84. The number of benzene rings is 1. The van der Waals surface area contributed by atoms with Crippen molar-refractivity contribution < 1.29 is 14.3 Å². The van der Waals surface area contributed by atoms with Gasteiger partial charge >= 0.3 is 0 Å². The van der Waals surface area contributed by atoms with E-state index in [2.05, 4.69) is 23.6 Å². The first-order chi connectivity index (χ1) is 13.1. The summed E-state index contributed by atoms with van der Waals surface area (Å²) < 4.78 is 5.52. The highest BCUT2D eigenvalue weighted by molar-refractivity contribution is 7.13. The SMILES string of the molecule is NC(=O)[C@@]1(Cc2cccc(-c3cccs3)c2)CCN(C(=O)[C@H]2CCCO2)C1. The minimum atomic E-state index is -0.706. The molecule has 0 radical (unpaired) electrons. The summed E-state index contributed by atoms with van der Waals surface area (Å²) in [6.07, 6.45) is 2.49. The van der Waals surface area contributed by atoms with Crippen molar-refractivity contribution in [2.75, 3.05) is 19.7 Å². The van der Waals surface area contributed by atoms with Gasteiger partial charge in [0.2, 0.25) is 5.91 Å². The van der Waals surface area contributed by atoms with Gasteiger partial charge in [0.05, 0.1) is 5.41 Å². The Hall–Kier alpha value is -2.18. The Labute approximate surface area is 163 Å². The Bertz CT molecular complexity index is 830. The highest BCUT2D eigenvalue weighted by atomic mass is 32.1. The number of primary amides is 1. The zero-order valence-corrected chi connectivity index (χ0v) is 16.0. The van der Waals surface area contributed by atoms with Crippen LogP contribution in [0.1, 0.15) is 24.8 Å². The number of hydrogen-bond donors (Lipinski definition) is 1. The highest BCUT2D eigenvalue weighted by Gasteiger charge is 2.46. The molecule has 2 saturated heterocycles. The van der Waals surface area contributed by atoms with E-state index in [1.54, 1.807) is 16.2 Å². The molecule has 2 amide bonds. The number of rotatable bonds is 5. The standard InChI is InChI=1S/C21H24N2O3S/c22-20(25)21(8-9-23(14-21)19(24)17-6-2-10-26-17)13-15-4-1-5-16(12-15)18-7-3-11-27-18/h1,3-5,7,11-12,17H,2,6,8-10,13-14H2,(H2,22,25)/t17-,21-/m1/s1. The second-order valence-corrected chi connectivity index (χ2v) is 8.46. The van der Waals surface area contributed by atoms with E-state index in [4.69, 9.17) is 10.5 Å². The first-order valence-electron chi connectivity index (χ1n) is 9.41. The second kappa shape index (κ2) is 7.44. The van der Waals surface area contributed by atoms with Crippen LogP contribution in [0.15, 0.2) is 41.8 Å². The molecule has 0 spiro atoms. The van der Waals surface area contributed by atoms with Gasteiger partial charge in [-0.2, -0.15) is 0 Å². The monoisotopic (exact) mass is 384 g/mol. The molecule has 2 aliphatic rings. The molecule has 2 aromatic rings. The average molecular weight is 385 g/mol. The van der Waals surface area contributed by atoms with Crippen LogP contribution in [0.2, 0.25) is 0 Å². The van der Waals surface area contributed by atoms with Gasteiger partial charge in [-0.1, -0.05) is 30.3 Å². The fourth-order valence-corrected chi connectivity index (χ4v) is 4.86. The van der Waals surface area contributed by atoms with Crippen LogP contribution in [0.25, 0.3) is 10.4 Å². The molecule has 0 aliphatic carbocycles. The normalized spacial score (nSPS) is 25.0. The minimum Gasteiger partial charge on any atom is -0.369 e. The number of nitrogens with two attached hydrogens (primary N) is 1. The molecule has 1 aromatic carbocycles. The second-order valence-electron chi connectivity index (χ2n) is 7.51. The van der Waals surface area contributed by atoms with Gasteiger partial charge in [-0.15, -0.1) is 11.3 Å². The van der Waals surface area contributed by atoms with Crippen molar-refractivity contribution in [2.24, 2.45) is 11.1 Å². The molecule has 5 nitrogen and oxygen atoms in total. The van der Waals surface area contributed by atoms with E-state index in [0.29, 0.717) is 32.5 Å². The van der Waals surface area contributed by atoms with Gasteiger partial charge in [-0.25, -0.2) is 0 Å². The number of carbonyl (C=O) groups excluding carboxylic acids is 2. The van der Waals surface area contributed by atoms with Gasteiger partial charge in [0.25, 0.3) is 5.91 Å². The van der Waals surface area contributed by atoms with Crippen LogP contribution < -0.4 is 5.73 Å². The van der Waals surface area contributed by atoms with Gasteiger partial charge in [0.15, 0.2) is 0 Å². The molecule has 3 heterocycles. The summed E-state index contributed by atoms with van der Waals surface area (Å²) >= 11 is 1.69. The molecule has 0 saturated carbocycles. The largest absolute Gasteiger partial charge is 0.369 e. The quantitative estimate of drug-likeness (QED) is 0.862.